The normalized spacial score (nSPS) is 10.7. The summed E-state index contributed by atoms with van der Waals surface area (Å²) in [4.78, 5) is 23.0. The predicted octanol–water partition coefficient (Wildman–Crippen LogP) is 2.33. The van der Waals surface area contributed by atoms with Crippen molar-refractivity contribution in [2.24, 2.45) is 0 Å². The number of carbonyl (C=O) groups excluding carboxylic acids is 1. The second-order valence-electron chi connectivity index (χ2n) is 3.83. The number of fused-ring (bicyclic) bond motifs is 1. The van der Waals surface area contributed by atoms with E-state index in [4.69, 9.17) is 0 Å². The second kappa shape index (κ2) is 4.03. The fourth-order valence-corrected chi connectivity index (χ4v) is 1.83. The average molecular weight is 241 g/mol. The largest absolute Gasteiger partial charge is 0.345 e. The monoisotopic (exact) mass is 241 g/mol. The molecule has 1 N–H and O–H groups in total. The van der Waals surface area contributed by atoms with Crippen LogP contribution in [0.1, 0.15) is 15.9 Å². The lowest BCUT2D eigenvalue weighted by Gasteiger charge is -1.99. The molecule has 0 aliphatic heterocycles. The maximum absolute atomic E-state index is 13.1. The van der Waals surface area contributed by atoms with Crippen molar-refractivity contribution in [1.82, 2.24) is 15.0 Å². The van der Waals surface area contributed by atoms with Crippen LogP contribution in [0.25, 0.3) is 11.0 Å². The summed E-state index contributed by atoms with van der Waals surface area (Å²) in [5, 5.41) is 0.631. The third-order valence-corrected chi connectivity index (χ3v) is 2.69. The van der Waals surface area contributed by atoms with E-state index in [0.29, 0.717) is 22.2 Å². The highest BCUT2D eigenvalue weighted by molar-refractivity contribution is 6.15. The van der Waals surface area contributed by atoms with Gasteiger partial charge in [0.1, 0.15) is 17.8 Å². The molecule has 4 nitrogen and oxygen atoms in total. The molecule has 1 aromatic carbocycles. The smallest absolute Gasteiger partial charge is 0.195 e. The van der Waals surface area contributed by atoms with Gasteiger partial charge in [-0.1, -0.05) is 12.1 Å². The number of nitrogens with zero attached hydrogens (tertiary/aromatic N) is 2. The quantitative estimate of drug-likeness (QED) is 0.700. The summed E-state index contributed by atoms with van der Waals surface area (Å²) in [7, 11) is 0. The van der Waals surface area contributed by atoms with Gasteiger partial charge in [-0.15, -0.1) is 0 Å². The maximum atomic E-state index is 13.1. The summed E-state index contributed by atoms with van der Waals surface area (Å²) < 4.78 is 13.1. The van der Waals surface area contributed by atoms with Gasteiger partial charge in [0, 0.05) is 23.3 Å². The van der Waals surface area contributed by atoms with E-state index >= 15 is 0 Å². The number of ketones is 1. The predicted molar refractivity (Wildman–Crippen MR) is 63.7 cm³/mol. The fraction of sp³-hybridized carbons (Fsp3) is 0. The summed E-state index contributed by atoms with van der Waals surface area (Å²) in [5.74, 6) is -0.688. The fourth-order valence-electron chi connectivity index (χ4n) is 1.83. The van der Waals surface area contributed by atoms with E-state index in [1.165, 1.54) is 24.5 Å². The molecule has 3 rings (SSSR count). The highest BCUT2D eigenvalue weighted by Gasteiger charge is 2.15. The molecule has 3 aromatic rings. The van der Waals surface area contributed by atoms with Gasteiger partial charge in [-0.2, -0.15) is 0 Å². The number of rotatable bonds is 2. The van der Waals surface area contributed by atoms with Crippen molar-refractivity contribution < 1.29 is 9.18 Å². The van der Waals surface area contributed by atoms with E-state index in [1.54, 1.807) is 18.5 Å². The molecule has 0 fully saturated rings. The molecular weight excluding hydrogens is 233 g/mol. The summed E-state index contributed by atoms with van der Waals surface area (Å²) in [6.45, 7) is 0. The number of benzene rings is 1. The van der Waals surface area contributed by atoms with Gasteiger partial charge in [-0.25, -0.2) is 14.4 Å². The Labute approximate surface area is 102 Å². The Morgan fingerprint density at radius 1 is 1.33 bits per heavy atom. The number of hydrogen-bond acceptors (Lipinski definition) is 3. The Hall–Kier alpha value is -2.56. The number of aromatic amines is 1. The molecule has 88 valence electrons. The molecule has 0 saturated carbocycles. The van der Waals surface area contributed by atoms with Crippen molar-refractivity contribution >= 4 is 16.8 Å². The third-order valence-electron chi connectivity index (χ3n) is 2.69. The molecule has 18 heavy (non-hydrogen) atoms. The number of carbonyl (C=O) groups is 1. The number of nitrogens with one attached hydrogen (secondary N) is 1. The van der Waals surface area contributed by atoms with E-state index in [9.17, 15) is 9.18 Å². The molecule has 0 amide bonds. The summed E-state index contributed by atoms with van der Waals surface area (Å²) in [6.07, 6.45) is 4.52. The van der Waals surface area contributed by atoms with Gasteiger partial charge in [0.25, 0.3) is 0 Å². The van der Waals surface area contributed by atoms with E-state index in [-0.39, 0.29) is 5.78 Å². The molecule has 0 unspecified atom stereocenters. The molecule has 0 bridgehead atoms. The summed E-state index contributed by atoms with van der Waals surface area (Å²) in [5.41, 5.74) is 1.33. The number of hydrogen-bond donors (Lipinski definition) is 1. The molecule has 2 heterocycles. The zero-order valence-corrected chi connectivity index (χ0v) is 9.22. The zero-order valence-electron chi connectivity index (χ0n) is 9.22. The Balaban J connectivity index is 2.12. The van der Waals surface area contributed by atoms with Crippen LogP contribution in [0.3, 0.4) is 0 Å². The molecular formula is C13H8FN3O. The number of H-pyrrole nitrogens is 1. The molecule has 5 heteroatoms. The van der Waals surface area contributed by atoms with Crippen LogP contribution < -0.4 is 0 Å². The van der Waals surface area contributed by atoms with E-state index < -0.39 is 5.82 Å². The highest BCUT2D eigenvalue weighted by atomic mass is 19.1. The average Bonchev–Trinajstić information content (AvgIpc) is 2.82. The van der Waals surface area contributed by atoms with Gasteiger partial charge < -0.3 is 4.98 Å². The maximum Gasteiger partial charge on any atom is 0.195 e. The van der Waals surface area contributed by atoms with Crippen molar-refractivity contribution in [2.45, 2.75) is 0 Å². The van der Waals surface area contributed by atoms with Crippen LogP contribution in [0.5, 0.6) is 0 Å². The van der Waals surface area contributed by atoms with Crippen molar-refractivity contribution in [3.63, 3.8) is 0 Å². The van der Waals surface area contributed by atoms with Crippen LogP contribution in [-0.2, 0) is 0 Å². The van der Waals surface area contributed by atoms with Crippen LogP contribution in [0.2, 0.25) is 0 Å². The first-order valence-corrected chi connectivity index (χ1v) is 5.33. The molecule has 0 spiro atoms. The van der Waals surface area contributed by atoms with Crippen LogP contribution in [0.15, 0.2) is 43.0 Å². The Bertz CT molecular complexity index is 736. The van der Waals surface area contributed by atoms with E-state index in [1.807, 2.05) is 0 Å². The third kappa shape index (κ3) is 1.66. The van der Waals surface area contributed by atoms with Gasteiger partial charge in [0.05, 0.1) is 5.56 Å². The van der Waals surface area contributed by atoms with Gasteiger partial charge in [-0.05, 0) is 12.1 Å². The van der Waals surface area contributed by atoms with Crippen molar-refractivity contribution in [1.29, 1.82) is 0 Å². The summed E-state index contributed by atoms with van der Waals surface area (Å²) >= 11 is 0. The molecule has 2 aromatic heterocycles. The molecule has 0 aliphatic rings. The van der Waals surface area contributed by atoms with Crippen LogP contribution >= 0.6 is 0 Å². The summed E-state index contributed by atoms with van der Waals surface area (Å²) in [6, 6.07) is 5.60. The first-order chi connectivity index (χ1) is 8.75. The lowest BCUT2D eigenvalue weighted by molar-refractivity contribution is 0.104. The van der Waals surface area contributed by atoms with Crippen molar-refractivity contribution in [2.75, 3.05) is 0 Å². The number of halogens is 1. The van der Waals surface area contributed by atoms with Crippen LogP contribution in [0.4, 0.5) is 4.39 Å². The minimum atomic E-state index is -0.433. The Morgan fingerprint density at radius 3 is 3.06 bits per heavy atom. The molecule has 0 aliphatic carbocycles. The minimum Gasteiger partial charge on any atom is -0.345 e. The van der Waals surface area contributed by atoms with Gasteiger partial charge in [0.2, 0.25) is 0 Å². The Kier molecular flexibility index (Phi) is 2.37. The Morgan fingerprint density at radius 2 is 2.22 bits per heavy atom. The standard InChI is InChI=1S/C13H8FN3O/c14-9-3-1-2-8(4-9)12(18)10-6-16-13-11(10)5-15-7-17-13/h1-7H,(H,15,16,17). The highest BCUT2D eigenvalue weighted by Crippen LogP contribution is 2.18. The van der Waals surface area contributed by atoms with Gasteiger partial charge in [0.15, 0.2) is 5.78 Å². The number of aromatic nitrogens is 3. The van der Waals surface area contributed by atoms with E-state index in [0.717, 1.165) is 0 Å². The van der Waals surface area contributed by atoms with Gasteiger partial charge in [-0.3, -0.25) is 4.79 Å². The SMILES string of the molecule is O=C(c1cccc(F)c1)c1c[nH]c2ncncc12. The molecule has 0 atom stereocenters. The van der Waals surface area contributed by atoms with E-state index in [2.05, 4.69) is 15.0 Å². The first-order valence-electron chi connectivity index (χ1n) is 5.33. The van der Waals surface area contributed by atoms with Crippen LogP contribution in [-0.4, -0.2) is 20.7 Å². The van der Waals surface area contributed by atoms with Crippen molar-refractivity contribution in [3.8, 4) is 0 Å². The minimum absolute atomic E-state index is 0.254. The molecule has 0 saturated heterocycles. The molecule has 0 radical (unpaired) electrons. The lowest BCUT2D eigenvalue weighted by Crippen LogP contribution is -2.00. The van der Waals surface area contributed by atoms with Gasteiger partial charge >= 0.3 is 0 Å². The van der Waals surface area contributed by atoms with Crippen molar-refractivity contribution in [3.05, 3.63) is 59.9 Å². The first kappa shape index (κ1) is 10.6. The second-order valence-corrected chi connectivity index (χ2v) is 3.83. The zero-order chi connectivity index (χ0) is 12.5. The topological polar surface area (TPSA) is 58.6 Å². The van der Waals surface area contributed by atoms with Crippen LogP contribution in [0, 0.1) is 5.82 Å². The lowest BCUT2D eigenvalue weighted by atomic mass is 10.0.